The summed E-state index contributed by atoms with van der Waals surface area (Å²) in [6, 6.07) is 5.58. The molecule has 0 spiro atoms. The smallest absolute Gasteiger partial charge is 0.338 e. The predicted molar refractivity (Wildman–Crippen MR) is 77.7 cm³/mol. The summed E-state index contributed by atoms with van der Waals surface area (Å²) in [7, 11) is 1.29. The highest BCUT2D eigenvalue weighted by atomic mass is 16.5. The van der Waals surface area contributed by atoms with Crippen molar-refractivity contribution in [2.24, 2.45) is 0 Å². The number of aromatic nitrogens is 4. The van der Waals surface area contributed by atoms with E-state index in [-0.39, 0.29) is 5.56 Å². The molecule has 0 radical (unpaired) electrons. The van der Waals surface area contributed by atoms with E-state index in [1.807, 2.05) is 0 Å². The van der Waals surface area contributed by atoms with Crippen LogP contribution in [0.1, 0.15) is 28.9 Å². The highest BCUT2D eigenvalue weighted by Crippen LogP contribution is 2.34. The number of tetrazole rings is 1. The monoisotopic (exact) mass is 315 g/mol. The number of hydrogen-bond donors (Lipinski definition) is 2. The van der Waals surface area contributed by atoms with Crippen LogP contribution in [0, 0.1) is 0 Å². The summed E-state index contributed by atoms with van der Waals surface area (Å²) >= 11 is 0. The highest BCUT2D eigenvalue weighted by molar-refractivity contribution is 5.92. The number of carbonyl (C=O) groups excluding carboxylic acids is 1. The molecule has 2 N–H and O–H groups in total. The topological polar surface area (TPSA) is 119 Å². The molecule has 1 aromatic heterocycles. The van der Waals surface area contributed by atoms with E-state index in [4.69, 9.17) is 9.84 Å². The third kappa shape index (κ3) is 2.41. The van der Waals surface area contributed by atoms with Gasteiger partial charge in [-0.25, -0.2) is 9.59 Å². The molecule has 0 saturated heterocycles. The van der Waals surface area contributed by atoms with Gasteiger partial charge in [-0.2, -0.15) is 4.68 Å². The Morgan fingerprint density at radius 2 is 2.00 bits per heavy atom. The van der Waals surface area contributed by atoms with Crippen molar-refractivity contribution in [3.63, 3.8) is 0 Å². The van der Waals surface area contributed by atoms with Crippen LogP contribution in [0.5, 0.6) is 0 Å². The SMILES string of the molecule is COC(=O)C1=C(C)Nc2nnnn2[C@@H]1c1ccc(C(=O)O)cc1. The van der Waals surface area contributed by atoms with Gasteiger partial charge in [0.05, 0.1) is 18.2 Å². The standard InChI is InChI=1S/C14H13N5O4/c1-7-10(13(22)23-2)11(19-14(15-7)16-17-18-19)8-3-5-9(6-4-8)12(20)21/h3-6,11H,1-2H3,(H,20,21)(H,15,16,18)/t11-/m1/s1. The summed E-state index contributed by atoms with van der Waals surface area (Å²) in [4.78, 5) is 23.2. The fraction of sp³-hybridized carbons (Fsp3) is 0.214. The molecule has 118 valence electrons. The maximum absolute atomic E-state index is 12.2. The second-order valence-corrected chi connectivity index (χ2v) is 4.93. The molecule has 0 amide bonds. The second-order valence-electron chi connectivity index (χ2n) is 4.93. The van der Waals surface area contributed by atoms with Crippen LogP contribution in [0.25, 0.3) is 0 Å². The highest BCUT2D eigenvalue weighted by Gasteiger charge is 2.34. The molecule has 0 aliphatic carbocycles. The second kappa shape index (κ2) is 5.52. The minimum Gasteiger partial charge on any atom is -0.478 e. The van der Waals surface area contributed by atoms with E-state index in [2.05, 4.69) is 20.8 Å². The van der Waals surface area contributed by atoms with Crippen molar-refractivity contribution < 1.29 is 19.4 Å². The number of aromatic carboxylic acids is 1. The van der Waals surface area contributed by atoms with Gasteiger partial charge in [-0.15, -0.1) is 0 Å². The number of ether oxygens (including phenoxy) is 1. The summed E-state index contributed by atoms with van der Waals surface area (Å²) in [6.07, 6.45) is 0. The number of carboxylic acids is 1. The van der Waals surface area contributed by atoms with E-state index in [1.54, 1.807) is 19.1 Å². The Bertz CT molecular complexity index is 809. The van der Waals surface area contributed by atoms with Crippen LogP contribution in [0.15, 0.2) is 35.5 Å². The molecule has 0 bridgehead atoms. The zero-order chi connectivity index (χ0) is 16.6. The van der Waals surface area contributed by atoms with Gasteiger partial charge in [0.25, 0.3) is 0 Å². The Morgan fingerprint density at radius 3 is 2.61 bits per heavy atom. The molecule has 1 aromatic carbocycles. The number of methoxy groups -OCH3 is 1. The summed E-state index contributed by atoms with van der Waals surface area (Å²) in [5.74, 6) is -1.14. The first kappa shape index (κ1) is 14.7. The predicted octanol–water partition coefficient (Wildman–Crippen LogP) is 0.833. The van der Waals surface area contributed by atoms with Gasteiger partial charge in [0.2, 0.25) is 5.95 Å². The van der Waals surface area contributed by atoms with Gasteiger partial charge in [-0.05, 0) is 35.0 Å². The maximum Gasteiger partial charge on any atom is 0.338 e. The van der Waals surface area contributed by atoms with Crippen molar-refractivity contribution in [3.8, 4) is 0 Å². The van der Waals surface area contributed by atoms with Crippen molar-refractivity contribution in [1.29, 1.82) is 0 Å². The fourth-order valence-electron chi connectivity index (χ4n) is 2.50. The Labute approximate surface area is 130 Å². The van der Waals surface area contributed by atoms with Crippen molar-refractivity contribution in [2.45, 2.75) is 13.0 Å². The molecule has 9 heteroatoms. The third-order valence-electron chi connectivity index (χ3n) is 3.59. The Hall–Kier alpha value is -3.23. The molecular weight excluding hydrogens is 302 g/mol. The van der Waals surface area contributed by atoms with Crippen LogP contribution in [0.2, 0.25) is 0 Å². The van der Waals surface area contributed by atoms with E-state index in [9.17, 15) is 9.59 Å². The van der Waals surface area contributed by atoms with Crippen LogP contribution in [-0.2, 0) is 9.53 Å². The normalized spacial score (nSPS) is 16.5. The molecular formula is C14H13N5O4. The molecule has 23 heavy (non-hydrogen) atoms. The number of rotatable bonds is 3. The van der Waals surface area contributed by atoms with E-state index in [0.717, 1.165) is 0 Å². The summed E-state index contributed by atoms with van der Waals surface area (Å²) in [5, 5.41) is 23.3. The van der Waals surface area contributed by atoms with Gasteiger partial charge in [0, 0.05) is 5.70 Å². The van der Waals surface area contributed by atoms with Crippen molar-refractivity contribution in [2.75, 3.05) is 12.4 Å². The lowest BCUT2D eigenvalue weighted by molar-refractivity contribution is -0.136. The first-order valence-electron chi connectivity index (χ1n) is 6.70. The fourth-order valence-corrected chi connectivity index (χ4v) is 2.50. The van der Waals surface area contributed by atoms with E-state index >= 15 is 0 Å². The lowest BCUT2D eigenvalue weighted by Crippen LogP contribution is -2.29. The number of nitrogens with zero attached hydrogens (tertiary/aromatic N) is 4. The van der Waals surface area contributed by atoms with Crippen LogP contribution in [-0.4, -0.2) is 44.4 Å². The van der Waals surface area contributed by atoms with Gasteiger partial charge in [0.15, 0.2) is 0 Å². The van der Waals surface area contributed by atoms with Crippen LogP contribution in [0.3, 0.4) is 0 Å². The number of esters is 1. The number of carbonyl (C=O) groups is 2. The van der Waals surface area contributed by atoms with E-state index < -0.39 is 18.0 Å². The molecule has 1 aliphatic rings. The van der Waals surface area contributed by atoms with Crippen molar-refractivity contribution in [1.82, 2.24) is 20.2 Å². The minimum absolute atomic E-state index is 0.153. The molecule has 0 unspecified atom stereocenters. The molecule has 3 rings (SSSR count). The van der Waals surface area contributed by atoms with Crippen LogP contribution in [0.4, 0.5) is 5.95 Å². The molecule has 1 atom stereocenters. The van der Waals surface area contributed by atoms with Gasteiger partial charge in [-0.1, -0.05) is 17.2 Å². The lowest BCUT2D eigenvalue weighted by atomic mass is 9.95. The Kier molecular flexibility index (Phi) is 3.53. The summed E-state index contributed by atoms with van der Waals surface area (Å²) in [6.45, 7) is 1.73. The van der Waals surface area contributed by atoms with Gasteiger partial charge >= 0.3 is 11.9 Å². The Balaban J connectivity index is 2.13. The average molecular weight is 315 g/mol. The molecule has 0 fully saturated rings. The number of carboxylic acid groups (broad SMARTS) is 1. The quantitative estimate of drug-likeness (QED) is 0.799. The molecule has 9 nitrogen and oxygen atoms in total. The number of allylic oxidation sites excluding steroid dienone is 1. The zero-order valence-corrected chi connectivity index (χ0v) is 12.3. The van der Waals surface area contributed by atoms with Crippen molar-refractivity contribution >= 4 is 17.9 Å². The first-order chi connectivity index (χ1) is 11.0. The minimum atomic E-state index is -1.02. The average Bonchev–Trinajstić information content (AvgIpc) is 3.00. The molecule has 2 aromatic rings. The first-order valence-corrected chi connectivity index (χ1v) is 6.70. The van der Waals surface area contributed by atoms with Gasteiger partial charge in [-0.3, -0.25) is 0 Å². The maximum atomic E-state index is 12.2. The van der Waals surface area contributed by atoms with Gasteiger partial charge in [0.1, 0.15) is 6.04 Å². The number of fused-ring (bicyclic) bond motifs is 1. The largest absolute Gasteiger partial charge is 0.478 e. The van der Waals surface area contributed by atoms with E-state index in [0.29, 0.717) is 22.8 Å². The van der Waals surface area contributed by atoms with Crippen LogP contribution >= 0.6 is 0 Å². The molecule has 1 aliphatic heterocycles. The van der Waals surface area contributed by atoms with E-state index in [1.165, 1.54) is 23.9 Å². The van der Waals surface area contributed by atoms with Crippen LogP contribution < -0.4 is 5.32 Å². The number of nitrogens with one attached hydrogen (secondary N) is 1. The molecule has 2 heterocycles. The zero-order valence-electron chi connectivity index (χ0n) is 12.3. The molecule has 0 saturated carbocycles. The number of anilines is 1. The number of hydrogen-bond acceptors (Lipinski definition) is 7. The Morgan fingerprint density at radius 1 is 1.30 bits per heavy atom. The van der Waals surface area contributed by atoms with Gasteiger partial charge < -0.3 is 15.2 Å². The van der Waals surface area contributed by atoms with Crippen molar-refractivity contribution in [3.05, 3.63) is 46.7 Å². The third-order valence-corrected chi connectivity index (χ3v) is 3.59. The summed E-state index contributed by atoms with van der Waals surface area (Å²) in [5.41, 5.74) is 1.76. The summed E-state index contributed by atoms with van der Waals surface area (Å²) < 4.78 is 6.31. The number of benzene rings is 1. The lowest BCUT2D eigenvalue weighted by Gasteiger charge is -2.27.